The summed E-state index contributed by atoms with van der Waals surface area (Å²) in [4.78, 5) is 25.7. The number of nitrogen functional groups attached to an aromatic ring is 1. The molecule has 0 aliphatic carbocycles. The van der Waals surface area contributed by atoms with Crippen molar-refractivity contribution in [2.45, 2.75) is 20.3 Å². The fourth-order valence-electron chi connectivity index (χ4n) is 2.39. The first-order chi connectivity index (χ1) is 11.0. The van der Waals surface area contributed by atoms with Crippen LogP contribution in [0, 0.1) is 5.92 Å². The van der Waals surface area contributed by atoms with Crippen molar-refractivity contribution in [1.82, 2.24) is 4.90 Å². The van der Waals surface area contributed by atoms with Crippen LogP contribution in [0.5, 0.6) is 5.75 Å². The first kappa shape index (κ1) is 17.3. The highest BCUT2D eigenvalue weighted by Gasteiger charge is 2.17. The Morgan fingerprint density at radius 2 is 2.00 bits per heavy atom. The summed E-state index contributed by atoms with van der Waals surface area (Å²) in [5.41, 5.74) is 6.92. The van der Waals surface area contributed by atoms with E-state index in [1.165, 1.54) is 0 Å². The molecule has 0 spiro atoms. The summed E-state index contributed by atoms with van der Waals surface area (Å²) in [6.07, 6.45) is 0.298. The van der Waals surface area contributed by atoms with Crippen LogP contribution in [0.3, 0.4) is 0 Å². The van der Waals surface area contributed by atoms with Gasteiger partial charge in [-0.3, -0.25) is 9.59 Å². The molecule has 1 aromatic carbocycles. The molecule has 1 amide bonds. The van der Waals surface area contributed by atoms with E-state index in [1.807, 2.05) is 13.8 Å². The standard InChI is InChI=1S/C17H24N2O4/c1-12(2)17(21)13-3-4-15(14(18)11-13)23-8-5-16(20)19-6-9-22-10-7-19/h3-4,11-12H,5-10,18H2,1-2H3. The number of rotatable bonds is 6. The van der Waals surface area contributed by atoms with Crippen LogP contribution in [-0.2, 0) is 9.53 Å². The Labute approximate surface area is 136 Å². The normalized spacial score (nSPS) is 14.8. The number of morpholine rings is 1. The molecule has 2 rings (SSSR count). The van der Waals surface area contributed by atoms with Crippen molar-refractivity contribution in [3.8, 4) is 5.75 Å². The summed E-state index contributed by atoms with van der Waals surface area (Å²) < 4.78 is 10.8. The van der Waals surface area contributed by atoms with Crippen molar-refractivity contribution in [2.24, 2.45) is 5.92 Å². The summed E-state index contributed by atoms with van der Waals surface area (Å²) in [5.74, 6) is 0.525. The average molecular weight is 320 g/mol. The number of hydrogen-bond donors (Lipinski definition) is 1. The van der Waals surface area contributed by atoms with Crippen LogP contribution >= 0.6 is 0 Å². The Bertz CT molecular complexity index is 566. The zero-order chi connectivity index (χ0) is 16.8. The predicted octanol–water partition coefficient (Wildman–Crippen LogP) is 1.74. The summed E-state index contributed by atoms with van der Waals surface area (Å²) in [6, 6.07) is 5.02. The number of amides is 1. The van der Waals surface area contributed by atoms with Gasteiger partial charge in [-0.15, -0.1) is 0 Å². The van der Waals surface area contributed by atoms with Crippen LogP contribution in [-0.4, -0.2) is 49.5 Å². The summed E-state index contributed by atoms with van der Waals surface area (Å²) in [5, 5.41) is 0. The van der Waals surface area contributed by atoms with Gasteiger partial charge < -0.3 is 20.1 Å². The van der Waals surface area contributed by atoms with E-state index in [0.717, 1.165) is 0 Å². The number of ketones is 1. The topological polar surface area (TPSA) is 81.9 Å². The van der Waals surface area contributed by atoms with Crippen molar-refractivity contribution in [2.75, 3.05) is 38.6 Å². The maximum atomic E-state index is 12.0. The van der Waals surface area contributed by atoms with Crippen LogP contribution in [0.4, 0.5) is 5.69 Å². The van der Waals surface area contributed by atoms with Crippen molar-refractivity contribution >= 4 is 17.4 Å². The van der Waals surface area contributed by atoms with E-state index >= 15 is 0 Å². The lowest BCUT2D eigenvalue weighted by atomic mass is 10.0. The van der Waals surface area contributed by atoms with Crippen LogP contribution in [0.25, 0.3) is 0 Å². The average Bonchev–Trinajstić information content (AvgIpc) is 2.56. The molecule has 6 nitrogen and oxygen atoms in total. The predicted molar refractivity (Wildman–Crippen MR) is 87.5 cm³/mol. The summed E-state index contributed by atoms with van der Waals surface area (Å²) >= 11 is 0. The van der Waals surface area contributed by atoms with Crippen LogP contribution in [0.15, 0.2) is 18.2 Å². The molecule has 2 N–H and O–H groups in total. The Morgan fingerprint density at radius 1 is 1.30 bits per heavy atom. The zero-order valence-corrected chi connectivity index (χ0v) is 13.7. The highest BCUT2D eigenvalue weighted by atomic mass is 16.5. The molecule has 126 valence electrons. The quantitative estimate of drug-likeness (QED) is 0.638. The molecule has 6 heteroatoms. The maximum Gasteiger partial charge on any atom is 0.226 e. The molecule has 0 radical (unpaired) electrons. The molecule has 23 heavy (non-hydrogen) atoms. The van der Waals surface area contributed by atoms with Crippen molar-refractivity contribution < 1.29 is 19.1 Å². The summed E-state index contributed by atoms with van der Waals surface area (Å²) in [7, 11) is 0. The third kappa shape index (κ3) is 4.69. The van der Waals surface area contributed by atoms with Gasteiger partial charge in [-0.25, -0.2) is 0 Å². The molecule has 1 fully saturated rings. The molecular weight excluding hydrogens is 296 g/mol. The molecule has 0 unspecified atom stereocenters. The number of anilines is 1. The summed E-state index contributed by atoms with van der Waals surface area (Å²) in [6.45, 7) is 6.40. The van der Waals surface area contributed by atoms with Crippen molar-refractivity contribution in [3.63, 3.8) is 0 Å². The fourth-order valence-corrected chi connectivity index (χ4v) is 2.39. The Hall–Kier alpha value is -2.08. The molecular formula is C17H24N2O4. The number of nitrogens with two attached hydrogens (primary N) is 1. The second-order valence-electron chi connectivity index (χ2n) is 5.86. The minimum atomic E-state index is -0.0766. The number of nitrogens with zero attached hydrogens (tertiary/aromatic N) is 1. The first-order valence-electron chi connectivity index (χ1n) is 7.91. The van der Waals surface area contributed by atoms with Crippen LogP contribution < -0.4 is 10.5 Å². The van der Waals surface area contributed by atoms with E-state index in [0.29, 0.717) is 49.7 Å². The van der Waals surface area contributed by atoms with Crippen LogP contribution in [0.1, 0.15) is 30.6 Å². The van der Waals surface area contributed by atoms with Gasteiger partial charge in [0.15, 0.2) is 5.78 Å². The first-order valence-corrected chi connectivity index (χ1v) is 7.91. The molecule has 0 bridgehead atoms. The highest BCUT2D eigenvalue weighted by Crippen LogP contribution is 2.24. The van der Waals surface area contributed by atoms with E-state index in [2.05, 4.69) is 0 Å². The fraction of sp³-hybridized carbons (Fsp3) is 0.529. The zero-order valence-electron chi connectivity index (χ0n) is 13.7. The minimum Gasteiger partial charge on any atom is -0.491 e. The third-order valence-corrected chi connectivity index (χ3v) is 3.76. The molecule has 0 aromatic heterocycles. The number of benzene rings is 1. The Kier molecular flexibility index (Phi) is 5.98. The van der Waals surface area contributed by atoms with Gasteiger partial charge in [-0.05, 0) is 18.2 Å². The van der Waals surface area contributed by atoms with E-state index in [-0.39, 0.29) is 24.2 Å². The van der Waals surface area contributed by atoms with Gasteiger partial charge >= 0.3 is 0 Å². The monoisotopic (exact) mass is 320 g/mol. The number of Topliss-reactive ketones (excluding diaryl/α,β-unsaturated/α-hetero) is 1. The van der Waals surface area contributed by atoms with E-state index in [4.69, 9.17) is 15.2 Å². The molecule has 1 aliphatic rings. The Balaban J connectivity index is 1.86. The van der Waals surface area contributed by atoms with E-state index in [1.54, 1.807) is 23.1 Å². The number of carbonyl (C=O) groups is 2. The lowest BCUT2D eigenvalue weighted by Gasteiger charge is -2.26. The van der Waals surface area contributed by atoms with Gasteiger partial charge in [0, 0.05) is 24.6 Å². The maximum absolute atomic E-state index is 12.0. The lowest BCUT2D eigenvalue weighted by molar-refractivity contribution is -0.135. The molecule has 0 atom stereocenters. The highest BCUT2D eigenvalue weighted by molar-refractivity contribution is 5.98. The Morgan fingerprint density at radius 3 is 2.61 bits per heavy atom. The number of hydrogen-bond acceptors (Lipinski definition) is 5. The molecule has 1 heterocycles. The molecule has 0 saturated carbocycles. The van der Waals surface area contributed by atoms with Crippen LogP contribution in [0.2, 0.25) is 0 Å². The van der Waals surface area contributed by atoms with Crippen molar-refractivity contribution in [1.29, 1.82) is 0 Å². The molecule has 1 aromatic rings. The minimum absolute atomic E-state index is 0.0470. The van der Waals surface area contributed by atoms with Gasteiger partial charge in [0.05, 0.1) is 31.9 Å². The largest absolute Gasteiger partial charge is 0.491 e. The smallest absolute Gasteiger partial charge is 0.226 e. The molecule has 1 saturated heterocycles. The van der Waals surface area contributed by atoms with Gasteiger partial charge in [-0.2, -0.15) is 0 Å². The van der Waals surface area contributed by atoms with Crippen molar-refractivity contribution in [3.05, 3.63) is 23.8 Å². The van der Waals surface area contributed by atoms with Gasteiger partial charge in [0.1, 0.15) is 5.75 Å². The second kappa shape index (κ2) is 7.97. The van der Waals surface area contributed by atoms with Gasteiger partial charge in [0.2, 0.25) is 5.91 Å². The number of carbonyl (C=O) groups excluding carboxylic acids is 2. The number of ether oxygens (including phenoxy) is 2. The third-order valence-electron chi connectivity index (χ3n) is 3.76. The molecule has 1 aliphatic heterocycles. The SMILES string of the molecule is CC(C)C(=O)c1ccc(OCCC(=O)N2CCOCC2)c(N)c1. The van der Waals surface area contributed by atoms with Gasteiger partial charge in [0.25, 0.3) is 0 Å². The second-order valence-corrected chi connectivity index (χ2v) is 5.86. The lowest BCUT2D eigenvalue weighted by Crippen LogP contribution is -2.41. The van der Waals surface area contributed by atoms with E-state index < -0.39 is 0 Å². The van der Waals surface area contributed by atoms with E-state index in [9.17, 15) is 9.59 Å². The van der Waals surface area contributed by atoms with Gasteiger partial charge in [-0.1, -0.05) is 13.8 Å².